The minimum Gasteiger partial charge on any atom is -0.378 e. The Labute approximate surface area is 107 Å². The van der Waals surface area contributed by atoms with Gasteiger partial charge in [-0.25, -0.2) is 0 Å². The van der Waals surface area contributed by atoms with Crippen LogP contribution in [-0.2, 0) is 4.74 Å². The molecule has 17 heavy (non-hydrogen) atoms. The van der Waals surface area contributed by atoms with Crippen molar-refractivity contribution in [1.82, 2.24) is 0 Å². The van der Waals surface area contributed by atoms with Gasteiger partial charge in [0.2, 0.25) is 0 Å². The molecule has 0 N–H and O–H groups in total. The topological polar surface area (TPSA) is 26.3 Å². The van der Waals surface area contributed by atoms with Gasteiger partial charge in [0.05, 0.1) is 5.60 Å². The van der Waals surface area contributed by atoms with Crippen LogP contribution in [0.2, 0.25) is 5.02 Å². The van der Waals surface area contributed by atoms with Crippen molar-refractivity contribution >= 4 is 17.4 Å². The number of ketones is 1. The molecule has 2 rings (SSSR count). The zero-order valence-electron chi connectivity index (χ0n) is 10.3. The van der Waals surface area contributed by atoms with Gasteiger partial charge in [0.15, 0.2) is 5.78 Å². The number of carbonyl (C=O) groups excluding carboxylic acids is 1. The SMILES string of the molecule is COC1(CC(=O)c2ccc(C)c(Cl)c2)CCC1. The molecule has 1 aliphatic carbocycles. The highest BCUT2D eigenvalue weighted by Gasteiger charge is 2.39. The molecule has 1 fully saturated rings. The first kappa shape index (κ1) is 12.6. The predicted molar refractivity (Wildman–Crippen MR) is 68.7 cm³/mol. The Morgan fingerprint density at radius 3 is 2.65 bits per heavy atom. The van der Waals surface area contributed by atoms with Gasteiger partial charge in [-0.1, -0.05) is 23.7 Å². The van der Waals surface area contributed by atoms with Gasteiger partial charge in [0, 0.05) is 24.1 Å². The number of ether oxygens (including phenoxy) is 1. The highest BCUT2D eigenvalue weighted by Crippen LogP contribution is 2.38. The second-order valence-electron chi connectivity index (χ2n) is 4.80. The number of hydrogen-bond acceptors (Lipinski definition) is 2. The minimum absolute atomic E-state index is 0.119. The first-order chi connectivity index (χ1) is 8.06. The van der Waals surface area contributed by atoms with E-state index >= 15 is 0 Å². The number of halogens is 1. The zero-order valence-corrected chi connectivity index (χ0v) is 11.0. The third kappa shape index (κ3) is 2.53. The van der Waals surface area contributed by atoms with E-state index in [9.17, 15) is 4.79 Å². The summed E-state index contributed by atoms with van der Waals surface area (Å²) in [6.45, 7) is 1.93. The first-order valence-corrected chi connectivity index (χ1v) is 6.29. The molecule has 1 aromatic rings. The average molecular weight is 253 g/mol. The molecule has 0 saturated heterocycles. The van der Waals surface area contributed by atoms with Crippen LogP contribution in [0, 0.1) is 6.92 Å². The summed E-state index contributed by atoms with van der Waals surface area (Å²) in [5.41, 5.74) is 1.46. The highest BCUT2D eigenvalue weighted by atomic mass is 35.5. The molecule has 0 radical (unpaired) electrons. The Kier molecular flexibility index (Phi) is 3.55. The number of benzene rings is 1. The molecular formula is C14H17ClO2. The summed E-state index contributed by atoms with van der Waals surface area (Å²) in [5, 5.41) is 0.649. The Hall–Kier alpha value is -0.860. The molecule has 0 aliphatic heterocycles. The molecule has 1 aromatic carbocycles. The molecule has 3 heteroatoms. The van der Waals surface area contributed by atoms with Crippen molar-refractivity contribution in [3.8, 4) is 0 Å². The van der Waals surface area contributed by atoms with Crippen molar-refractivity contribution < 1.29 is 9.53 Å². The zero-order chi connectivity index (χ0) is 12.5. The summed E-state index contributed by atoms with van der Waals surface area (Å²) in [6.07, 6.45) is 3.57. The lowest BCUT2D eigenvalue weighted by molar-refractivity contribution is -0.0704. The van der Waals surface area contributed by atoms with Gasteiger partial charge in [0.1, 0.15) is 0 Å². The van der Waals surface area contributed by atoms with Crippen LogP contribution < -0.4 is 0 Å². The van der Waals surface area contributed by atoms with Crippen LogP contribution in [0.4, 0.5) is 0 Å². The van der Waals surface area contributed by atoms with Gasteiger partial charge in [-0.3, -0.25) is 4.79 Å². The summed E-state index contributed by atoms with van der Waals surface area (Å²) < 4.78 is 5.47. The first-order valence-electron chi connectivity index (χ1n) is 5.91. The summed E-state index contributed by atoms with van der Waals surface area (Å²) in [4.78, 5) is 12.1. The highest BCUT2D eigenvalue weighted by molar-refractivity contribution is 6.31. The average Bonchev–Trinajstić information content (AvgIpc) is 2.27. The van der Waals surface area contributed by atoms with E-state index in [2.05, 4.69) is 0 Å². The van der Waals surface area contributed by atoms with Crippen LogP contribution in [-0.4, -0.2) is 18.5 Å². The smallest absolute Gasteiger partial charge is 0.165 e. The molecule has 0 unspecified atom stereocenters. The fraction of sp³-hybridized carbons (Fsp3) is 0.500. The van der Waals surface area contributed by atoms with E-state index in [1.54, 1.807) is 13.2 Å². The van der Waals surface area contributed by atoms with Gasteiger partial charge in [0.25, 0.3) is 0 Å². The normalized spacial score (nSPS) is 17.6. The van der Waals surface area contributed by atoms with Crippen LogP contribution in [0.1, 0.15) is 41.6 Å². The minimum atomic E-state index is -0.214. The standard InChI is InChI=1S/C14H17ClO2/c1-10-4-5-11(8-12(10)15)13(16)9-14(17-2)6-3-7-14/h4-5,8H,3,6-7,9H2,1-2H3. The Morgan fingerprint density at radius 1 is 1.47 bits per heavy atom. The molecule has 2 nitrogen and oxygen atoms in total. The van der Waals surface area contributed by atoms with E-state index in [1.807, 2.05) is 19.1 Å². The van der Waals surface area contributed by atoms with E-state index in [0.717, 1.165) is 24.8 Å². The third-order valence-electron chi connectivity index (χ3n) is 3.67. The fourth-order valence-corrected chi connectivity index (χ4v) is 2.37. The van der Waals surface area contributed by atoms with Crippen molar-refractivity contribution in [2.75, 3.05) is 7.11 Å². The molecule has 0 aromatic heterocycles. The van der Waals surface area contributed by atoms with Crippen LogP contribution in [0.5, 0.6) is 0 Å². The summed E-state index contributed by atoms with van der Waals surface area (Å²) in [7, 11) is 1.69. The van der Waals surface area contributed by atoms with Crippen LogP contribution >= 0.6 is 11.6 Å². The lowest BCUT2D eigenvalue weighted by Crippen LogP contribution is -2.41. The number of aryl methyl sites for hydroxylation is 1. The Morgan fingerprint density at radius 2 is 2.18 bits per heavy atom. The second-order valence-corrected chi connectivity index (χ2v) is 5.21. The third-order valence-corrected chi connectivity index (χ3v) is 4.08. The van der Waals surface area contributed by atoms with Crippen molar-refractivity contribution in [2.45, 2.75) is 38.2 Å². The van der Waals surface area contributed by atoms with Crippen LogP contribution in [0.3, 0.4) is 0 Å². The second kappa shape index (κ2) is 4.79. The molecular weight excluding hydrogens is 236 g/mol. The maximum absolute atomic E-state index is 12.1. The number of Topliss-reactive ketones (excluding diaryl/α,β-unsaturated/α-hetero) is 1. The molecule has 0 amide bonds. The summed E-state index contributed by atoms with van der Waals surface area (Å²) in [6, 6.07) is 5.47. The van der Waals surface area contributed by atoms with E-state index in [1.165, 1.54) is 0 Å². The lowest BCUT2D eigenvalue weighted by atomic mass is 9.76. The molecule has 0 bridgehead atoms. The number of rotatable bonds is 4. The maximum Gasteiger partial charge on any atom is 0.165 e. The van der Waals surface area contributed by atoms with Crippen LogP contribution in [0.25, 0.3) is 0 Å². The van der Waals surface area contributed by atoms with E-state index in [4.69, 9.17) is 16.3 Å². The van der Waals surface area contributed by atoms with E-state index in [0.29, 0.717) is 17.0 Å². The monoisotopic (exact) mass is 252 g/mol. The van der Waals surface area contributed by atoms with Gasteiger partial charge in [-0.05, 0) is 37.8 Å². The van der Waals surface area contributed by atoms with Gasteiger partial charge < -0.3 is 4.74 Å². The van der Waals surface area contributed by atoms with Crippen molar-refractivity contribution in [3.63, 3.8) is 0 Å². The van der Waals surface area contributed by atoms with Gasteiger partial charge in [-0.15, -0.1) is 0 Å². The Balaban J connectivity index is 2.11. The maximum atomic E-state index is 12.1. The fourth-order valence-electron chi connectivity index (χ4n) is 2.19. The van der Waals surface area contributed by atoms with E-state index in [-0.39, 0.29) is 11.4 Å². The summed E-state index contributed by atoms with van der Waals surface area (Å²) in [5.74, 6) is 0.119. The molecule has 0 spiro atoms. The number of methoxy groups -OCH3 is 1. The molecule has 1 aliphatic rings. The quantitative estimate of drug-likeness (QED) is 0.762. The molecule has 0 heterocycles. The van der Waals surface area contributed by atoms with Gasteiger partial charge in [-0.2, -0.15) is 0 Å². The molecule has 92 valence electrons. The van der Waals surface area contributed by atoms with E-state index < -0.39 is 0 Å². The number of hydrogen-bond donors (Lipinski definition) is 0. The largest absolute Gasteiger partial charge is 0.378 e. The van der Waals surface area contributed by atoms with Crippen molar-refractivity contribution in [1.29, 1.82) is 0 Å². The molecule has 1 saturated carbocycles. The lowest BCUT2D eigenvalue weighted by Gasteiger charge is -2.40. The van der Waals surface area contributed by atoms with Crippen molar-refractivity contribution in [2.24, 2.45) is 0 Å². The predicted octanol–water partition coefficient (Wildman–Crippen LogP) is 3.79. The summed E-state index contributed by atoms with van der Waals surface area (Å²) >= 11 is 6.03. The Bertz CT molecular complexity index is 430. The molecule has 0 atom stereocenters. The van der Waals surface area contributed by atoms with Crippen molar-refractivity contribution in [3.05, 3.63) is 34.3 Å². The van der Waals surface area contributed by atoms with Crippen LogP contribution in [0.15, 0.2) is 18.2 Å². The number of carbonyl (C=O) groups is 1. The van der Waals surface area contributed by atoms with Gasteiger partial charge >= 0.3 is 0 Å².